The van der Waals surface area contributed by atoms with Gasteiger partial charge in [-0.2, -0.15) is 0 Å². The zero-order valence-electron chi connectivity index (χ0n) is 60.5. The van der Waals surface area contributed by atoms with Gasteiger partial charge in [0.15, 0.2) is 12.2 Å². The largest absolute Gasteiger partial charge is 0.472 e. The van der Waals surface area contributed by atoms with Crippen LogP contribution in [0.4, 0.5) is 0 Å². The molecule has 0 saturated heterocycles. The molecule has 0 amide bonds. The molecule has 5 unspecified atom stereocenters. The van der Waals surface area contributed by atoms with Gasteiger partial charge in [0.2, 0.25) is 0 Å². The number of allylic oxidation sites excluding steroid dienone is 14. The number of carbonyl (C=O) groups excluding carboxylic acids is 4. The van der Waals surface area contributed by atoms with Gasteiger partial charge in [0.1, 0.15) is 19.3 Å². The fraction of sp³-hybridized carbons (Fsp3) is 0.766. The summed E-state index contributed by atoms with van der Waals surface area (Å²) in [5.41, 5.74) is 0. The van der Waals surface area contributed by atoms with Crippen molar-refractivity contribution >= 4 is 39.5 Å². The predicted molar refractivity (Wildman–Crippen MR) is 390 cm³/mol. The predicted octanol–water partition coefficient (Wildman–Crippen LogP) is 21.4. The number of carbonyl (C=O) groups is 4. The second kappa shape index (κ2) is 69.7. The van der Waals surface area contributed by atoms with E-state index in [-0.39, 0.29) is 25.7 Å². The van der Waals surface area contributed by atoms with E-state index in [4.69, 9.17) is 37.0 Å². The Hall–Kier alpha value is -3.76. The monoisotopic (exact) mass is 1390 g/mol. The van der Waals surface area contributed by atoms with Crippen LogP contribution in [-0.4, -0.2) is 96.7 Å². The van der Waals surface area contributed by atoms with Crippen molar-refractivity contribution < 1.29 is 80.2 Å². The molecule has 5 atom stereocenters. The minimum absolute atomic E-state index is 0.0757. The fourth-order valence-electron chi connectivity index (χ4n) is 10.0. The van der Waals surface area contributed by atoms with Crippen molar-refractivity contribution in [2.75, 3.05) is 39.6 Å². The zero-order chi connectivity index (χ0) is 70.4. The summed E-state index contributed by atoms with van der Waals surface area (Å²) < 4.78 is 68.3. The standard InChI is InChI=1S/C77H136O17P2/c1-5-9-13-17-21-25-29-32-35-38-42-45-49-53-57-61-74(79)87-67-72(93-76(81)63-59-55-51-47-41-28-24-20-16-12-8-4)69-91-95(83,84)89-65-71(78)66-90-96(85,86)92-70-73(94-77(82)64-60-56-52-48-44-40-37-34-31-27-23-19-15-11-7-3)68-88-75(80)62-58-54-50-46-43-39-36-33-30-26-22-18-14-10-6-2/h9,13,20-21,24-25,32-37,42,45,71-73,78H,5-8,10-12,14-19,22-23,26-31,38-41,43-44,46-70H2,1-4H3,(H,83,84)(H,85,86)/b13-9-,24-20-,25-21-,35-32-,36-33-,37-34-,45-42-. The first-order chi connectivity index (χ1) is 46.7. The number of aliphatic hydroxyl groups is 1. The number of esters is 4. The van der Waals surface area contributed by atoms with Crippen molar-refractivity contribution in [3.63, 3.8) is 0 Å². The third kappa shape index (κ3) is 68.8. The molecule has 0 bridgehead atoms. The van der Waals surface area contributed by atoms with Crippen molar-refractivity contribution in [2.45, 2.75) is 341 Å². The second-order valence-electron chi connectivity index (χ2n) is 25.2. The lowest BCUT2D eigenvalue weighted by Gasteiger charge is -2.21. The highest BCUT2D eigenvalue weighted by Gasteiger charge is 2.30. The van der Waals surface area contributed by atoms with E-state index in [1.54, 1.807) is 0 Å². The van der Waals surface area contributed by atoms with Crippen LogP contribution >= 0.6 is 15.6 Å². The highest BCUT2D eigenvalue weighted by atomic mass is 31.2. The Morgan fingerprint density at radius 2 is 0.552 bits per heavy atom. The maximum atomic E-state index is 13.1. The third-order valence-corrected chi connectivity index (χ3v) is 17.7. The Morgan fingerprint density at radius 3 is 0.896 bits per heavy atom. The summed E-state index contributed by atoms with van der Waals surface area (Å²) in [6.07, 6.45) is 70.1. The van der Waals surface area contributed by atoms with E-state index >= 15 is 0 Å². The van der Waals surface area contributed by atoms with E-state index in [1.165, 1.54) is 89.9 Å². The zero-order valence-corrected chi connectivity index (χ0v) is 62.3. The summed E-state index contributed by atoms with van der Waals surface area (Å²) in [5.74, 6) is -2.24. The number of phosphoric acid groups is 2. The summed E-state index contributed by atoms with van der Waals surface area (Å²) in [7, 11) is -9.95. The molecule has 0 aromatic heterocycles. The molecule has 0 aliphatic carbocycles. The fourth-order valence-corrected chi connectivity index (χ4v) is 11.6. The third-order valence-electron chi connectivity index (χ3n) is 15.8. The Balaban J connectivity index is 5.36. The number of hydrogen-bond acceptors (Lipinski definition) is 15. The number of rotatable bonds is 71. The molecular weight excluding hydrogens is 1260 g/mol. The van der Waals surface area contributed by atoms with Gasteiger partial charge in [-0.05, 0) is 135 Å². The molecule has 17 nitrogen and oxygen atoms in total. The van der Waals surface area contributed by atoms with Crippen LogP contribution in [0.25, 0.3) is 0 Å². The van der Waals surface area contributed by atoms with Gasteiger partial charge < -0.3 is 33.8 Å². The molecule has 556 valence electrons. The van der Waals surface area contributed by atoms with Crippen LogP contribution in [0.2, 0.25) is 0 Å². The van der Waals surface area contributed by atoms with Crippen molar-refractivity contribution in [1.29, 1.82) is 0 Å². The molecule has 0 rings (SSSR count). The highest BCUT2D eigenvalue weighted by molar-refractivity contribution is 7.47. The number of ether oxygens (including phenoxy) is 4. The first kappa shape index (κ1) is 92.2. The summed E-state index contributed by atoms with van der Waals surface area (Å²) in [5, 5.41) is 10.6. The lowest BCUT2D eigenvalue weighted by Crippen LogP contribution is -2.30. The second-order valence-corrected chi connectivity index (χ2v) is 28.1. The first-order valence-corrected chi connectivity index (χ1v) is 40.8. The Kier molecular flexibility index (Phi) is 67.0. The molecule has 0 aliphatic rings. The van der Waals surface area contributed by atoms with Crippen molar-refractivity contribution in [3.8, 4) is 0 Å². The maximum Gasteiger partial charge on any atom is 0.472 e. The smallest absolute Gasteiger partial charge is 0.462 e. The minimum atomic E-state index is -4.98. The normalized spacial score (nSPS) is 14.4. The van der Waals surface area contributed by atoms with Crippen LogP contribution in [-0.2, 0) is 65.4 Å². The van der Waals surface area contributed by atoms with E-state index in [2.05, 4.69) is 113 Å². The Morgan fingerprint density at radius 1 is 0.302 bits per heavy atom. The topological polar surface area (TPSA) is 237 Å². The van der Waals surface area contributed by atoms with Crippen LogP contribution in [0, 0.1) is 0 Å². The average Bonchev–Trinajstić information content (AvgIpc) is 1.11. The number of unbranched alkanes of at least 4 members (excludes halogenated alkanes) is 31. The van der Waals surface area contributed by atoms with Gasteiger partial charge in [-0.25, -0.2) is 9.13 Å². The first-order valence-electron chi connectivity index (χ1n) is 37.8. The molecule has 0 aromatic rings. The summed E-state index contributed by atoms with van der Waals surface area (Å²) in [4.78, 5) is 72.7. The molecule has 3 N–H and O–H groups in total. The molecular formula is C77H136O17P2. The van der Waals surface area contributed by atoms with Gasteiger partial charge in [-0.1, -0.05) is 248 Å². The Bertz CT molecular complexity index is 2160. The molecule has 0 heterocycles. The van der Waals surface area contributed by atoms with Gasteiger partial charge in [0.25, 0.3) is 0 Å². The molecule has 0 radical (unpaired) electrons. The molecule has 19 heteroatoms. The van der Waals surface area contributed by atoms with Gasteiger partial charge in [0.05, 0.1) is 26.4 Å². The van der Waals surface area contributed by atoms with Gasteiger partial charge in [-0.3, -0.25) is 37.3 Å². The van der Waals surface area contributed by atoms with E-state index in [1.807, 2.05) is 0 Å². The summed E-state index contributed by atoms with van der Waals surface area (Å²) in [6, 6.07) is 0. The van der Waals surface area contributed by atoms with Crippen molar-refractivity contribution in [1.82, 2.24) is 0 Å². The number of phosphoric ester groups is 2. The van der Waals surface area contributed by atoms with Crippen LogP contribution < -0.4 is 0 Å². The van der Waals surface area contributed by atoms with E-state index in [0.717, 1.165) is 154 Å². The molecule has 0 spiro atoms. The molecule has 0 aliphatic heterocycles. The van der Waals surface area contributed by atoms with Gasteiger partial charge >= 0.3 is 39.5 Å². The summed E-state index contributed by atoms with van der Waals surface area (Å²) in [6.45, 7) is 4.65. The lowest BCUT2D eigenvalue weighted by molar-refractivity contribution is -0.161. The lowest BCUT2D eigenvalue weighted by atomic mass is 10.1. The number of hydrogen-bond donors (Lipinski definition) is 3. The maximum absolute atomic E-state index is 13.1. The Labute approximate surface area is 583 Å². The van der Waals surface area contributed by atoms with E-state index < -0.39 is 97.5 Å². The summed E-state index contributed by atoms with van der Waals surface area (Å²) >= 11 is 0. The number of aliphatic hydroxyl groups excluding tert-OH is 1. The highest BCUT2D eigenvalue weighted by Crippen LogP contribution is 2.45. The van der Waals surface area contributed by atoms with Crippen LogP contribution in [0.3, 0.4) is 0 Å². The quantitative estimate of drug-likeness (QED) is 0.0169. The molecule has 0 saturated carbocycles. The SMILES string of the molecule is CC/C=C\C/C=C\C/C=C\C/C=C\CCCCC(=O)OCC(COP(=O)(O)OCC(O)COP(=O)(O)OCC(COC(=O)CCCCCCC/C=C\CCCCCCCC)OC(=O)CCCCCCC/C=C\CCCCCCCC)OC(=O)CCCCCCC/C=C\CCCC. The molecule has 96 heavy (non-hydrogen) atoms. The van der Waals surface area contributed by atoms with Crippen LogP contribution in [0.1, 0.15) is 323 Å². The van der Waals surface area contributed by atoms with Crippen molar-refractivity contribution in [2.24, 2.45) is 0 Å². The molecule has 0 aromatic carbocycles. The van der Waals surface area contributed by atoms with E-state index in [9.17, 15) is 43.2 Å². The van der Waals surface area contributed by atoms with E-state index in [0.29, 0.717) is 25.7 Å². The average molecular weight is 1400 g/mol. The minimum Gasteiger partial charge on any atom is -0.462 e. The van der Waals surface area contributed by atoms with Crippen molar-refractivity contribution in [3.05, 3.63) is 85.1 Å². The van der Waals surface area contributed by atoms with Crippen LogP contribution in [0.5, 0.6) is 0 Å². The van der Waals surface area contributed by atoms with Gasteiger partial charge in [-0.15, -0.1) is 0 Å². The van der Waals surface area contributed by atoms with Crippen LogP contribution in [0.15, 0.2) is 85.1 Å². The van der Waals surface area contributed by atoms with Gasteiger partial charge in [0, 0.05) is 25.7 Å². The molecule has 0 fully saturated rings.